The quantitative estimate of drug-likeness (QED) is 0.668. The molecule has 2 rings (SSSR count). The fourth-order valence-electron chi connectivity index (χ4n) is 1.74. The number of carbonyl (C=O) groups is 2. The Hall–Kier alpha value is -3.02. The summed E-state index contributed by atoms with van der Waals surface area (Å²) in [4.78, 5) is 21.8. The minimum Gasteiger partial charge on any atom is -0.505 e. The van der Waals surface area contributed by atoms with Crippen LogP contribution in [0.5, 0.6) is 0 Å². The van der Waals surface area contributed by atoms with Crippen molar-refractivity contribution in [2.24, 2.45) is 0 Å². The maximum atomic E-state index is 11.0. The molecule has 0 radical (unpaired) electrons. The predicted octanol–water partition coefficient (Wildman–Crippen LogP) is 1.74. The van der Waals surface area contributed by atoms with Crippen LogP contribution in [0.3, 0.4) is 0 Å². The molecule has 0 bridgehead atoms. The van der Waals surface area contributed by atoms with Gasteiger partial charge >= 0.3 is 11.9 Å². The van der Waals surface area contributed by atoms with Crippen molar-refractivity contribution in [1.82, 2.24) is 5.32 Å². The predicted molar refractivity (Wildman–Crippen MR) is 70.9 cm³/mol. The molecular formula is C14H11NO5. The van der Waals surface area contributed by atoms with Gasteiger partial charge in [0.15, 0.2) is 11.5 Å². The van der Waals surface area contributed by atoms with E-state index in [4.69, 9.17) is 10.2 Å². The Balaban J connectivity index is 2.35. The SMILES string of the molecule is C=C1C=C(c2ccc(C(=O)O)cc2)NC(C(=O)O)=C1O. The number of carboxylic acids is 2. The Kier molecular flexibility index (Phi) is 3.30. The molecule has 6 nitrogen and oxygen atoms in total. The standard InChI is InChI=1S/C14H11NO5/c1-7-6-10(15-11(12(7)16)14(19)20)8-2-4-9(5-3-8)13(17)18/h2-6,15-16H,1H2,(H,17,18)(H,19,20). The van der Waals surface area contributed by atoms with Gasteiger partial charge in [0.2, 0.25) is 0 Å². The highest BCUT2D eigenvalue weighted by atomic mass is 16.4. The minimum atomic E-state index is -1.31. The summed E-state index contributed by atoms with van der Waals surface area (Å²) in [5, 5.41) is 30.0. The molecule has 0 spiro atoms. The molecule has 0 amide bonds. The number of allylic oxidation sites excluding steroid dienone is 1. The highest BCUT2D eigenvalue weighted by molar-refractivity contribution is 5.92. The first-order chi connectivity index (χ1) is 9.40. The number of hydrogen-bond donors (Lipinski definition) is 4. The number of carboxylic acid groups (broad SMARTS) is 2. The summed E-state index contributed by atoms with van der Waals surface area (Å²) >= 11 is 0. The smallest absolute Gasteiger partial charge is 0.356 e. The Labute approximate surface area is 114 Å². The van der Waals surface area contributed by atoms with Crippen LogP contribution < -0.4 is 5.32 Å². The fourth-order valence-corrected chi connectivity index (χ4v) is 1.74. The fraction of sp³-hybridized carbons (Fsp3) is 0. The van der Waals surface area contributed by atoms with Crippen molar-refractivity contribution in [3.8, 4) is 0 Å². The molecule has 1 aromatic carbocycles. The van der Waals surface area contributed by atoms with Gasteiger partial charge in [0, 0.05) is 11.3 Å². The zero-order valence-corrected chi connectivity index (χ0v) is 10.3. The van der Waals surface area contributed by atoms with E-state index in [-0.39, 0.29) is 16.8 Å². The lowest BCUT2D eigenvalue weighted by atomic mass is 10.0. The summed E-state index contributed by atoms with van der Waals surface area (Å²) in [6.07, 6.45) is 1.48. The highest BCUT2D eigenvalue weighted by Gasteiger charge is 2.22. The van der Waals surface area contributed by atoms with Gasteiger partial charge in [-0.3, -0.25) is 0 Å². The number of benzene rings is 1. The van der Waals surface area contributed by atoms with Crippen molar-refractivity contribution in [2.75, 3.05) is 0 Å². The lowest BCUT2D eigenvalue weighted by Crippen LogP contribution is -2.24. The van der Waals surface area contributed by atoms with E-state index in [1.54, 1.807) is 0 Å². The average molecular weight is 273 g/mol. The van der Waals surface area contributed by atoms with Crippen LogP contribution in [0.2, 0.25) is 0 Å². The third kappa shape index (κ3) is 2.39. The summed E-state index contributed by atoms with van der Waals surface area (Å²) in [5.74, 6) is -2.78. The Bertz CT molecular complexity index is 667. The van der Waals surface area contributed by atoms with Crippen LogP contribution in [0, 0.1) is 0 Å². The average Bonchev–Trinajstić information content (AvgIpc) is 2.41. The van der Waals surface area contributed by atoms with Gasteiger partial charge in [0.25, 0.3) is 0 Å². The normalized spacial score (nSPS) is 14.6. The molecule has 0 unspecified atom stereocenters. The third-order valence-corrected chi connectivity index (χ3v) is 2.78. The van der Waals surface area contributed by atoms with Crippen LogP contribution >= 0.6 is 0 Å². The van der Waals surface area contributed by atoms with E-state index in [1.165, 1.54) is 30.3 Å². The van der Waals surface area contributed by atoms with Gasteiger partial charge in [0.05, 0.1) is 5.56 Å². The van der Waals surface area contributed by atoms with Crippen molar-refractivity contribution < 1.29 is 24.9 Å². The molecule has 0 fully saturated rings. The van der Waals surface area contributed by atoms with Gasteiger partial charge < -0.3 is 20.6 Å². The topological polar surface area (TPSA) is 107 Å². The number of nitrogens with one attached hydrogen (secondary N) is 1. The monoisotopic (exact) mass is 273 g/mol. The van der Waals surface area contributed by atoms with E-state index in [2.05, 4.69) is 11.9 Å². The zero-order valence-electron chi connectivity index (χ0n) is 10.3. The van der Waals surface area contributed by atoms with Gasteiger partial charge in [0.1, 0.15) is 0 Å². The molecule has 1 aliphatic rings. The lowest BCUT2D eigenvalue weighted by Gasteiger charge is -2.19. The Morgan fingerprint density at radius 3 is 2.15 bits per heavy atom. The first kappa shape index (κ1) is 13.4. The molecule has 1 aromatic rings. The molecule has 0 saturated carbocycles. The van der Waals surface area contributed by atoms with Crippen LogP contribution in [0.25, 0.3) is 5.70 Å². The van der Waals surface area contributed by atoms with E-state index >= 15 is 0 Å². The number of aromatic carboxylic acids is 1. The second-order valence-corrected chi connectivity index (χ2v) is 4.12. The second-order valence-electron chi connectivity index (χ2n) is 4.12. The molecule has 0 aromatic heterocycles. The maximum Gasteiger partial charge on any atom is 0.356 e. The van der Waals surface area contributed by atoms with E-state index in [9.17, 15) is 14.7 Å². The van der Waals surface area contributed by atoms with Gasteiger partial charge in [-0.05, 0) is 23.8 Å². The molecule has 1 aliphatic heterocycles. The summed E-state index contributed by atoms with van der Waals surface area (Å²) in [5.41, 5.74) is 0.929. The van der Waals surface area contributed by atoms with E-state index in [0.29, 0.717) is 11.3 Å². The van der Waals surface area contributed by atoms with Gasteiger partial charge in [-0.15, -0.1) is 0 Å². The molecule has 0 aliphatic carbocycles. The number of aliphatic hydroxyl groups is 1. The van der Waals surface area contributed by atoms with Crippen LogP contribution in [-0.4, -0.2) is 27.3 Å². The molecule has 20 heavy (non-hydrogen) atoms. The minimum absolute atomic E-state index is 0.126. The van der Waals surface area contributed by atoms with E-state index in [0.717, 1.165) is 0 Å². The van der Waals surface area contributed by atoms with Crippen LogP contribution in [0.4, 0.5) is 0 Å². The van der Waals surface area contributed by atoms with Gasteiger partial charge in [-0.2, -0.15) is 0 Å². The van der Waals surface area contributed by atoms with Crippen LogP contribution in [-0.2, 0) is 4.79 Å². The maximum absolute atomic E-state index is 11.0. The first-order valence-electron chi connectivity index (χ1n) is 5.58. The lowest BCUT2D eigenvalue weighted by molar-refractivity contribution is -0.133. The number of aliphatic hydroxyl groups excluding tert-OH is 1. The summed E-state index contributed by atoms with van der Waals surface area (Å²) in [7, 11) is 0. The van der Waals surface area contributed by atoms with Crippen LogP contribution in [0.15, 0.2) is 53.9 Å². The van der Waals surface area contributed by atoms with Crippen molar-refractivity contribution in [3.63, 3.8) is 0 Å². The van der Waals surface area contributed by atoms with Crippen molar-refractivity contribution in [1.29, 1.82) is 0 Å². The first-order valence-corrected chi connectivity index (χ1v) is 5.58. The number of dihydropyridines is 1. The third-order valence-electron chi connectivity index (χ3n) is 2.78. The van der Waals surface area contributed by atoms with Crippen molar-refractivity contribution >= 4 is 17.6 Å². The second kappa shape index (κ2) is 4.93. The Morgan fingerprint density at radius 2 is 1.65 bits per heavy atom. The zero-order chi connectivity index (χ0) is 14.9. The molecule has 4 N–H and O–H groups in total. The molecule has 6 heteroatoms. The molecule has 1 heterocycles. The Morgan fingerprint density at radius 1 is 1.05 bits per heavy atom. The summed E-state index contributed by atoms with van der Waals surface area (Å²) in [6.45, 7) is 3.57. The summed E-state index contributed by atoms with van der Waals surface area (Å²) in [6, 6.07) is 5.89. The van der Waals surface area contributed by atoms with Crippen LogP contribution in [0.1, 0.15) is 15.9 Å². The van der Waals surface area contributed by atoms with E-state index in [1.807, 2.05) is 0 Å². The molecule has 0 atom stereocenters. The highest BCUT2D eigenvalue weighted by Crippen LogP contribution is 2.24. The molecule has 102 valence electrons. The number of hydrogen-bond acceptors (Lipinski definition) is 4. The molecular weight excluding hydrogens is 262 g/mol. The summed E-state index contributed by atoms with van der Waals surface area (Å²) < 4.78 is 0. The largest absolute Gasteiger partial charge is 0.505 e. The van der Waals surface area contributed by atoms with Gasteiger partial charge in [-0.25, -0.2) is 9.59 Å². The van der Waals surface area contributed by atoms with Crippen molar-refractivity contribution in [2.45, 2.75) is 0 Å². The van der Waals surface area contributed by atoms with Crippen molar-refractivity contribution in [3.05, 3.63) is 65.1 Å². The number of aliphatic carboxylic acids is 1. The van der Waals surface area contributed by atoms with E-state index < -0.39 is 17.7 Å². The molecule has 0 saturated heterocycles. The van der Waals surface area contributed by atoms with Gasteiger partial charge in [-0.1, -0.05) is 18.7 Å². The number of rotatable bonds is 3.